The lowest BCUT2D eigenvalue weighted by atomic mass is 10.1. The first-order valence-electron chi connectivity index (χ1n) is 12.1. The smallest absolute Gasteiger partial charge is 0.257 e. The molecule has 2 N–H and O–H groups in total. The number of likely N-dealkylation sites (N-methyl/N-ethyl adjacent to an activating group) is 1. The fourth-order valence-electron chi connectivity index (χ4n) is 4.13. The summed E-state index contributed by atoms with van der Waals surface area (Å²) in [7, 11) is 4.53. The van der Waals surface area contributed by atoms with Gasteiger partial charge in [0.2, 0.25) is 6.41 Å². The summed E-state index contributed by atoms with van der Waals surface area (Å²) in [5, 5.41) is 4.83. The van der Waals surface area contributed by atoms with Crippen LogP contribution in [0.3, 0.4) is 0 Å². The summed E-state index contributed by atoms with van der Waals surface area (Å²) in [6, 6.07) is 6.26. The van der Waals surface area contributed by atoms with Gasteiger partial charge in [0, 0.05) is 38.9 Å². The second kappa shape index (κ2) is 13.4. The van der Waals surface area contributed by atoms with E-state index in [1.165, 1.54) is 38.3 Å². The second-order valence-corrected chi connectivity index (χ2v) is 8.75. The van der Waals surface area contributed by atoms with Crippen LogP contribution in [0.15, 0.2) is 30.5 Å². The number of pyridine rings is 1. The third-order valence-corrected chi connectivity index (χ3v) is 6.14. The molecule has 1 atom stereocenters. The lowest BCUT2D eigenvalue weighted by Crippen LogP contribution is -2.41. The molecule has 1 fully saturated rings. The van der Waals surface area contributed by atoms with Crippen molar-refractivity contribution in [2.45, 2.75) is 38.4 Å². The average Bonchev–Trinajstić information content (AvgIpc) is 3.22. The molecular formula is C27H32FN5O4. The summed E-state index contributed by atoms with van der Waals surface area (Å²) >= 11 is 0. The first-order valence-corrected chi connectivity index (χ1v) is 12.1. The van der Waals surface area contributed by atoms with Crippen molar-refractivity contribution in [2.75, 3.05) is 34.3 Å². The fraction of sp³-hybridized carbons (Fsp3) is 0.407. The second-order valence-electron chi connectivity index (χ2n) is 8.75. The lowest BCUT2D eigenvalue weighted by Gasteiger charge is -2.25. The van der Waals surface area contributed by atoms with Crippen molar-refractivity contribution in [3.63, 3.8) is 0 Å². The van der Waals surface area contributed by atoms with Crippen LogP contribution < -0.4 is 15.4 Å². The van der Waals surface area contributed by atoms with Crippen LogP contribution in [0.2, 0.25) is 0 Å². The number of aromatic nitrogens is 1. The van der Waals surface area contributed by atoms with Crippen LogP contribution in [-0.2, 0) is 22.7 Å². The zero-order chi connectivity index (χ0) is 26.8. The third kappa shape index (κ3) is 7.27. The molecule has 0 radical (unpaired) electrons. The lowest BCUT2D eigenvalue weighted by molar-refractivity contribution is -0.123. The van der Waals surface area contributed by atoms with Crippen LogP contribution >= 0.6 is 0 Å². The molecule has 0 aliphatic carbocycles. The number of methoxy groups -OCH3 is 1. The number of carbonyl (C=O) groups is 3. The van der Waals surface area contributed by atoms with Crippen LogP contribution in [0.5, 0.6) is 5.75 Å². The van der Waals surface area contributed by atoms with Crippen LogP contribution in [-0.4, -0.2) is 73.3 Å². The van der Waals surface area contributed by atoms with E-state index in [4.69, 9.17) is 4.74 Å². The number of hydrogen-bond acceptors (Lipinski definition) is 6. The maximum absolute atomic E-state index is 13.6. The molecule has 1 saturated heterocycles. The van der Waals surface area contributed by atoms with Crippen molar-refractivity contribution in [1.82, 2.24) is 25.4 Å². The maximum Gasteiger partial charge on any atom is 0.257 e. The van der Waals surface area contributed by atoms with Gasteiger partial charge in [0.05, 0.1) is 18.4 Å². The zero-order valence-electron chi connectivity index (χ0n) is 21.3. The molecule has 3 heterocycles. The zero-order valence-corrected chi connectivity index (χ0v) is 21.3. The number of fused-ring (bicyclic) bond motifs is 1. The Morgan fingerprint density at radius 2 is 2.00 bits per heavy atom. The number of amides is 3. The Balaban J connectivity index is 0.000000231. The number of hydrogen-bond donors (Lipinski definition) is 2. The molecule has 196 valence electrons. The Morgan fingerprint density at radius 3 is 2.62 bits per heavy atom. The normalized spacial score (nSPS) is 15.4. The van der Waals surface area contributed by atoms with Gasteiger partial charge in [0.25, 0.3) is 11.8 Å². The van der Waals surface area contributed by atoms with E-state index in [0.717, 1.165) is 30.9 Å². The minimum Gasteiger partial charge on any atom is -0.494 e. The molecule has 1 aromatic heterocycles. The Labute approximate surface area is 216 Å². The SMILES string of the molecule is CNC(=O)C(C#Cc1ccc(CN2CCCCC2)nc1)NC=O.COc1ccc2c(c1F)C(=O)N(C)C2. The van der Waals surface area contributed by atoms with Gasteiger partial charge in [-0.25, -0.2) is 4.39 Å². The van der Waals surface area contributed by atoms with Gasteiger partial charge in [-0.1, -0.05) is 24.3 Å². The average molecular weight is 510 g/mol. The number of nitrogens with zero attached hydrogens (tertiary/aromatic N) is 3. The molecule has 3 amide bonds. The van der Waals surface area contributed by atoms with Crippen molar-refractivity contribution < 1.29 is 23.5 Å². The van der Waals surface area contributed by atoms with E-state index < -0.39 is 11.9 Å². The van der Waals surface area contributed by atoms with E-state index in [1.807, 2.05) is 12.1 Å². The van der Waals surface area contributed by atoms with Gasteiger partial charge in [0.1, 0.15) is 0 Å². The number of likely N-dealkylation sites (tertiary alicyclic amines) is 1. The molecule has 0 spiro atoms. The van der Waals surface area contributed by atoms with Crippen molar-refractivity contribution in [3.05, 3.63) is 58.7 Å². The van der Waals surface area contributed by atoms with Gasteiger partial charge in [-0.15, -0.1) is 0 Å². The maximum atomic E-state index is 13.6. The summed E-state index contributed by atoms with van der Waals surface area (Å²) in [5.74, 6) is 4.53. The molecule has 0 bridgehead atoms. The molecule has 9 nitrogen and oxygen atoms in total. The van der Waals surface area contributed by atoms with Crippen molar-refractivity contribution in [1.29, 1.82) is 0 Å². The van der Waals surface area contributed by atoms with Gasteiger partial charge in [-0.3, -0.25) is 24.3 Å². The fourth-order valence-corrected chi connectivity index (χ4v) is 4.13. The van der Waals surface area contributed by atoms with Crippen LogP contribution in [0.4, 0.5) is 4.39 Å². The van der Waals surface area contributed by atoms with E-state index in [1.54, 1.807) is 25.4 Å². The first-order chi connectivity index (χ1) is 17.9. The Bertz CT molecular complexity index is 1170. The molecule has 2 aliphatic rings. The van der Waals surface area contributed by atoms with Crippen molar-refractivity contribution >= 4 is 18.2 Å². The summed E-state index contributed by atoms with van der Waals surface area (Å²) in [4.78, 5) is 41.9. The van der Waals surface area contributed by atoms with E-state index in [-0.39, 0.29) is 23.1 Å². The quantitative estimate of drug-likeness (QED) is 0.454. The highest BCUT2D eigenvalue weighted by molar-refractivity contribution is 5.98. The number of piperidine rings is 1. The minimum atomic E-state index is -0.856. The summed E-state index contributed by atoms with van der Waals surface area (Å²) in [6.07, 6.45) is 6.00. The summed E-state index contributed by atoms with van der Waals surface area (Å²) < 4.78 is 18.4. The number of ether oxygens (including phenoxy) is 1. The molecule has 1 aromatic carbocycles. The molecule has 37 heavy (non-hydrogen) atoms. The van der Waals surface area contributed by atoms with Gasteiger partial charge < -0.3 is 20.3 Å². The topological polar surface area (TPSA) is 104 Å². The number of benzene rings is 1. The van der Waals surface area contributed by atoms with Gasteiger partial charge >= 0.3 is 0 Å². The number of nitrogens with one attached hydrogen (secondary N) is 2. The predicted octanol–water partition coefficient (Wildman–Crippen LogP) is 1.70. The highest BCUT2D eigenvalue weighted by Crippen LogP contribution is 2.29. The standard InChI is InChI=1S/C17H22N4O2.C10H10FNO2/c1-18-17(23)16(20-13-22)8-6-14-5-7-15(19-11-14)12-21-9-3-2-4-10-21;1-12-5-6-3-4-7(14-2)9(11)8(6)10(12)13/h5,7,11,13,16H,2-4,9-10,12H2,1H3,(H,18,23)(H,20,22);3-4H,5H2,1-2H3. The molecule has 2 aromatic rings. The molecule has 4 rings (SSSR count). The monoisotopic (exact) mass is 509 g/mol. The number of halogens is 1. The molecular weight excluding hydrogens is 477 g/mol. The Morgan fingerprint density at radius 1 is 1.24 bits per heavy atom. The van der Waals surface area contributed by atoms with Gasteiger partial charge in [-0.05, 0) is 49.7 Å². The molecule has 1 unspecified atom stereocenters. The molecule has 10 heteroatoms. The van der Waals surface area contributed by atoms with Crippen LogP contribution in [0.1, 0.15) is 46.4 Å². The third-order valence-electron chi connectivity index (χ3n) is 6.14. The van der Waals surface area contributed by atoms with Gasteiger partial charge in [-0.2, -0.15) is 0 Å². The largest absolute Gasteiger partial charge is 0.494 e. The van der Waals surface area contributed by atoms with Crippen molar-refractivity contribution in [2.24, 2.45) is 0 Å². The highest BCUT2D eigenvalue weighted by Gasteiger charge is 2.29. The van der Waals surface area contributed by atoms with Gasteiger partial charge in [0.15, 0.2) is 17.6 Å². The first kappa shape index (κ1) is 27.6. The Kier molecular flexibility index (Phi) is 9.98. The van der Waals surface area contributed by atoms with Crippen molar-refractivity contribution in [3.8, 4) is 17.6 Å². The minimum absolute atomic E-state index is 0.118. The Hall–Kier alpha value is -3.97. The molecule has 2 aliphatic heterocycles. The van der Waals surface area contributed by atoms with Crippen LogP contribution in [0, 0.1) is 17.7 Å². The number of rotatable bonds is 6. The van der Waals surface area contributed by atoms with E-state index in [9.17, 15) is 18.8 Å². The van der Waals surface area contributed by atoms with E-state index >= 15 is 0 Å². The summed E-state index contributed by atoms with van der Waals surface area (Å²) in [6.45, 7) is 3.60. The van der Waals surface area contributed by atoms with E-state index in [2.05, 4.69) is 32.4 Å². The predicted molar refractivity (Wildman–Crippen MR) is 136 cm³/mol. The van der Waals surface area contributed by atoms with Crippen LogP contribution in [0.25, 0.3) is 0 Å². The van der Waals surface area contributed by atoms with E-state index in [0.29, 0.717) is 18.5 Å². The summed E-state index contributed by atoms with van der Waals surface area (Å²) in [5.41, 5.74) is 2.60. The number of carbonyl (C=O) groups excluding carboxylic acids is 3. The highest BCUT2D eigenvalue weighted by atomic mass is 19.1. The molecule has 0 saturated carbocycles.